The lowest BCUT2D eigenvalue weighted by molar-refractivity contribution is -0.137. The Morgan fingerprint density at radius 1 is 1.16 bits per heavy atom. The number of rotatable bonds is 6. The van der Waals surface area contributed by atoms with Gasteiger partial charge >= 0.3 is 6.18 Å². The van der Waals surface area contributed by atoms with Crippen molar-refractivity contribution in [2.45, 2.75) is 17.6 Å². The van der Waals surface area contributed by atoms with Gasteiger partial charge in [0.15, 0.2) is 0 Å². The lowest BCUT2D eigenvalue weighted by Gasteiger charge is -2.14. The number of alkyl halides is 3. The molecule has 0 aliphatic rings. The maximum Gasteiger partial charge on any atom is 0.416 e. The van der Waals surface area contributed by atoms with E-state index < -0.39 is 28.3 Å². The molecule has 1 unspecified atom stereocenters. The van der Waals surface area contributed by atoms with Gasteiger partial charge in [0.05, 0.1) is 28.9 Å². The Bertz CT molecular complexity index is 1380. The summed E-state index contributed by atoms with van der Waals surface area (Å²) in [4.78, 5) is 18.4. The predicted molar refractivity (Wildman–Crippen MR) is 115 cm³/mol. The van der Waals surface area contributed by atoms with E-state index in [0.29, 0.717) is 34.5 Å². The van der Waals surface area contributed by atoms with E-state index >= 15 is 0 Å². The Balaban J connectivity index is 2.04. The minimum Gasteiger partial charge on any atom is -0.383 e. The number of benzene rings is 2. The summed E-state index contributed by atoms with van der Waals surface area (Å²) in [5.41, 5.74) is 0.175. The lowest BCUT2D eigenvalue weighted by atomic mass is 10.1. The number of halogens is 3. The van der Waals surface area contributed by atoms with Gasteiger partial charge in [0.25, 0.3) is 5.56 Å². The Morgan fingerprint density at radius 3 is 2.50 bits per heavy atom. The second-order valence-corrected chi connectivity index (χ2v) is 8.38. The van der Waals surface area contributed by atoms with Crippen molar-refractivity contribution >= 4 is 32.9 Å². The van der Waals surface area contributed by atoms with Crippen LogP contribution in [0, 0.1) is 0 Å². The molecular formula is C21H19F3N4O3S. The quantitative estimate of drug-likeness (QED) is 0.475. The van der Waals surface area contributed by atoms with Crippen molar-refractivity contribution in [2.75, 3.05) is 20.8 Å². The fraction of sp³-hybridized carbons (Fsp3) is 0.238. The van der Waals surface area contributed by atoms with E-state index in [1.165, 1.54) is 30.1 Å². The summed E-state index contributed by atoms with van der Waals surface area (Å²) < 4.78 is 62.1. The van der Waals surface area contributed by atoms with Crippen LogP contribution < -0.4 is 10.3 Å². The average molecular weight is 464 g/mol. The van der Waals surface area contributed by atoms with Crippen molar-refractivity contribution in [1.82, 2.24) is 18.8 Å². The molecule has 0 radical (unpaired) electrons. The number of hydrogen-bond donors (Lipinski definition) is 1. The molecule has 7 nitrogen and oxygen atoms in total. The highest BCUT2D eigenvalue weighted by Crippen LogP contribution is 2.31. The van der Waals surface area contributed by atoms with Gasteiger partial charge in [0.1, 0.15) is 22.0 Å². The molecule has 1 N–H and O–H groups in total. The van der Waals surface area contributed by atoms with E-state index in [2.05, 4.69) is 9.71 Å². The first-order chi connectivity index (χ1) is 15.3. The molecule has 168 valence electrons. The number of hydrogen-bond acceptors (Lipinski definition) is 4. The van der Waals surface area contributed by atoms with Crippen LogP contribution in [0.2, 0.25) is 0 Å². The van der Waals surface area contributed by atoms with Crippen LogP contribution in [0.4, 0.5) is 13.2 Å². The van der Waals surface area contributed by atoms with Gasteiger partial charge in [-0.2, -0.15) is 13.2 Å². The summed E-state index contributed by atoms with van der Waals surface area (Å²) in [6.07, 6.45) is -2.97. The highest BCUT2D eigenvalue weighted by atomic mass is 32.2. The summed E-state index contributed by atoms with van der Waals surface area (Å²) in [7, 11) is 1.62. The first kappa shape index (κ1) is 22.2. The van der Waals surface area contributed by atoms with E-state index in [9.17, 15) is 22.2 Å². The van der Waals surface area contributed by atoms with E-state index in [4.69, 9.17) is 4.74 Å². The Labute approximate surface area is 183 Å². The highest BCUT2D eigenvalue weighted by Gasteiger charge is 2.30. The Kier molecular flexibility index (Phi) is 5.89. The molecule has 0 amide bonds. The first-order valence-electron chi connectivity index (χ1n) is 9.55. The predicted octanol–water partition coefficient (Wildman–Crippen LogP) is 3.25. The topological polar surface area (TPSA) is 78.2 Å². The Morgan fingerprint density at radius 2 is 1.88 bits per heavy atom. The number of aromatic nitrogens is 3. The summed E-state index contributed by atoms with van der Waals surface area (Å²) in [6.45, 7) is 0.704. The monoisotopic (exact) mass is 464 g/mol. The number of nitrogens with one attached hydrogen (secondary N) is 1. The van der Waals surface area contributed by atoms with Gasteiger partial charge in [-0.25, -0.2) is 13.9 Å². The number of imidazole rings is 1. The molecule has 2 heterocycles. The zero-order valence-electron chi connectivity index (χ0n) is 17.1. The van der Waals surface area contributed by atoms with Crippen molar-refractivity contribution in [2.24, 2.45) is 0 Å². The fourth-order valence-corrected chi connectivity index (χ4v) is 4.22. The molecule has 11 heteroatoms. The molecule has 0 saturated heterocycles. The number of methoxy groups -OCH3 is 1. The molecule has 0 aliphatic carbocycles. The molecule has 1 atom stereocenters. The van der Waals surface area contributed by atoms with E-state index in [1.54, 1.807) is 29.8 Å². The van der Waals surface area contributed by atoms with Gasteiger partial charge in [0, 0.05) is 24.7 Å². The maximum absolute atomic E-state index is 13.5. The van der Waals surface area contributed by atoms with Gasteiger partial charge < -0.3 is 9.30 Å². The minimum absolute atomic E-state index is 0.275. The van der Waals surface area contributed by atoms with Crippen LogP contribution in [0.25, 0.3) is 27.6 Å². The van der Waals surface area contributed by atoms with Gasteiger partial charge in [-0.1, -0.05) is 0 Å². The summed E-state index contributed by atoms with van der Waals surface area (Å²) in [5, 5.41) is 0.553. The van der Waals surface area contributed by atoms with Crippen molar-refractivity contribution in [3.05, 3.63) is 64.7 Å². The van der Waals surface area contributed by atoms with Crippen LogP contribution in [0.1, 0.15) is 5.56 Å². The van der Waals surface area contributed by atoms with Crippen molar-refractivity contribution in [3.63, 3.8) is 0 Å². The van der Waals surface area contributed by atoms with Crippen molar-refractivity contribution in [1.29, 1.82) is 0 Å². The molecule has 2 aromatic heterocycles. The smallest absolute Gasteiger partial charge is 0.383 e. The molecular weight excluding hydrogens is 445 g/mol. The molecule has 32 heavy (non-hydrogen) atoms. The number of fused-ring (bicyclic) bond motifs is 3. The zero-order valence-corrected chi connectivity index (χ0v) is 18.0. The molecule has 0 bridgehead atoms. The zero-order chi connectivity index (χ0) is 23.0. The van der Waals surface area contributed by atoms with Crippen LogP contribution in [0.3, 0.4) is 0 Å². The van der Waals surface area contributed by atoms with E-state index in [1.807, 2.05) is 0 Å². The molecule has 0 saturated carbocycles. The molecule has 0 fully saturated rings. The van der Waals surface area contributed by atoms with Crippen LogP contribution in [-0.2, 0) is 28.4 Å². The SMILES string of the molecule is CNS(=O)c1ccc2c(c1)c1ncn(CCOC)c1c(=O)n2-c1ccc(C(F)(F)F)cc1. The maximum atomic E-state index is 13.5. The second-order valence-electron chi connectivity index (χ2n) is 6.96. The largest absolute Gasteiger partial charge is 0.416 e. The van der Waals surface area contributed by atoms with Crippen molar-refractivity contribution < 1.29 is 22.1 Å². The molecule has 2 aromatic carbocycles. The van der Waals surface area contributed by atoms with Crippen LogP contribution in [0.15, 0.2) is 58.5 Å². The minimum atomic E-state index is -4.49. The summed E-state index contributed by atoms with van der Waals surface area (Å²) in [5.74, 6) is 0. The van der Waals surface area contributed by atoms with Gasteiger partial charge in [0.2, 0.25) is 0 Å². The third-order valence-corrected chi connectivity index (χ3v) is 6.15. The van der Waals surface area contributed by atoms with Crippen LogP contribution in [0.5, 0.6) is 0 Å². The van der Waals surface area contributed by atoms with Gasteiger partial charge in [-0.3, -0.25) is 9.36 Å². The van der Waals surface area contributed by atoms with Crippen molar-refractivity contribution in [3.8, 4) is 5.69 Å². The number of nitrogens with zero attached hydrogens (tertiary/aromatic N) is 3. The number of pyridine rings is 1. The molecule has 4 aromatic rings. The first-order valence-corrected chi connectivity index (χ1v) is 10.7. The molecule has 0 aliphatic heterocycles. The van der Waals surface area contributed by atoms with Crippen LogP contribution in [-0.4, -0.2) is 39.1 Å². The summed E-state index contributed by atoms with van der Waals surface area (Å²) >= 11 is 0. The summed E-state index contributed by atoms with van der Waals surface area (Å²) in [6, 6.07) is 9.26. The average Bonchev–Trinajstić information content (AvgIpc) is 3.21. The lowest BCUT2D eigenvalue weighted by Crippen LogP contribution is -2.22. The van der Waals surface area contributed by atoms with Crippen LogP contribution >= 0.6 is 0 Å². The molecule has 4 rings (SSSR count). The van der Waals surface area contributed by atoms with Gasteiger partial charge in [-0.05, 0) is 49.5 Å². The van der Waals surface area contributed by atoms with E-state index in [-0.39, 0.29) is 11.2 Å². The third-order valence-electron chi connectivity index (χ3n) is 5.10. The second kappa shape index (κ2) is 8.49. The molecule has 0 spiro atoms. The number of ether oxygens (including phenoxy) is 1. The highest BCUT2D eigenvalue weighted by molar-refractivity contribution is 7.83. The van der Waals surface area contributed by atoms with E-state index in [0.717, 1.165) is 12.1 Å². The fourth-order valence-electron chi connectivity index (χ4n) is 3.57. The third kappa shape index (κ3) is 3.83. The Hall–Kier alpha value is -3.02. The standard InChI is InChI=1S/C21H19F3N4O3S/c1-25-32(30)15-7-8-17-16(11-15)18-19(27(12-26-18)9-10-31-2)20(29)28(17)14-5-3-13(4-6-14)21(22,23)24/h3-8,11-12,25H,9-10H2,1-2H3. The van der Waals surface area contributed by atoms with Gasteiger partial charge in [-0.15, -0.1) is 0 Å². The normalized spacial score (nSPS) is 13.2.